The molecule has 25 heavy (non-hydrogen) atoms. The molecule has 6 heteroatoms. The standard InChI is InChI=1S/C19H25N3O3/c1-14-16(15-7-4-5-8-17(15)20(14)2)13-18(23)21-9-6-10-22(12-11-21)19(24)25-3/h4-5,7-8H,6,9-13H2,1-3H3. The quantitative estimate of drug-likeness (QED) is 0.841. The smallest absolute Gasteiger partial charge is 0.409 e. The average Bonchev–Trinajstić information content (AvgIpc) is 2.81. The Balaban J connectivity index is 1.75. The van der Waals surface area contributed by atoms with E-state index in [0.717, 1.165) is 28.6 Å². The summed E-state index contributed by atoms with van der Waals surface area (Å²) in [5.41, 5.74) is 3.37. The molecule has 1 aromatic heterocycles. The van der Waals surface area contributed by atoms with Crippen LogP contribution in [0.1, 0.15) is 17.7 Å². The summed E-state index contributed by atoms with van der Waals surface area (Å²) in [6.45, 7) is 4.44. The molecular formula is C19H25N3O3. The van der Waals surface area contributed by atoms with Gasteiger partial charge in [0.1, 0.15) is 0 Å². The van der Waals surface area contributed by atoms with Gasteiger partial charge in [-0.1, -0.05) is 18.2 Å². The first-order valence-electron chi connectivity index (χ1n) is 8.66. The van der Waals surface area contributed by atoms with Gasteiger partial charge in [0.2, 0.25) is 5.91 Å². The number of hydrogen-bond acceptors (Lipinski definition) is 3. The second-order valence-corrected chi connectivity index (χ2v) is 6.51. The number of aryl methyl sites for hydroxylation is 1. The predicted molar refractivity (Wildman–Crippen MR) is 96.5 cm³/mol. The van der Waals surface area contributed by atoms with Crippen molar-refractivity contribution in [3.8, 4) is 0 Å². The highest BCUT2D eigenvalue weighted by Crippen LogP contribution is 2.25. The summed E-state index contributed by atoms with van der Waals surface area (Å²) in [6, 6.07) is 8.18. The Morgan fingerprint density at radius 2 is 1.76 bits per heavy atom. The summed E-state index contributed by atoms with van der Waals surface area (Å²) in [7, 11) is 3.42. The summed E-state index contributed by atoms with van der Waals surface area (Å²) < 4.78 is 6.92. The molecule has 6 nitrogen and oxygen atoms in total. The molecule has 0 aliphatic carbocycles. The molecule has 3 rings (SSSR count). The molecular weight excluding hydrogens is 318 g/mol. The summed E-state index contributed by atoms with van der Waals surface area (Å²) in [4.78, 5) is 28.1. The summed E-state index contributed by atoms with van der Waals surface area (Å²) >= 11 is 0. The van der Waals surface area contributed by atoms with Gasteiger partial charge >= 0.3 is 6.09 Å². The molecule has 1 aromatic carbocycles. The third-order valence-electron chi connectivity index (χ3n) is 5.14. The van der Waals surface area contributed by atoms with E-state index in [-0.39, 0.29) is 12.0 Å². The number of para-hydroxylation sites is 1. The van der Waals surface area contributed by atoms with Crippen molar-refractivity contribution in [3.63, 3.8) is 0 Å². The topological polar surface area (TPSA) is 54.8 Å². The maximum Gasteiger partial charge on any atom is 0.409 e. The summed E-state index contributed by atoms with van der Waals surface area (Å²) in [5.74, 6) is 0.117. The number of aromatic nitrogens is 1. The van der Waals surface area contributed by atoms with Crippen LogP contribution in [0.2, 0.25) is 0 Å². The van der Waals surface area contributed by atoms with E-state index in [9.17, 15) is 9.59 Å². The predicted octanol–water partition coefficient (Wildman–Crippen LogP) is 2.33. The van der Waals surface area contributed by atoms with Crippen LogP contribution in [-0.4, -0.2) is 59.7 Å². The van der Waals surface area contributed by atoms with E-state index in [2.05, 4.69) is 23.6 Å². The van der Waals surface area contributed by atoms with Crippen LogP contribution in [-0.2, 0) is 23.0 Å². The normalized spacial score (nSPS) is 15.3. The molecule has 0 unspecified atom stereocenters. The Morgan fingerprint density at radius 1 is 1.08 bits per heavy atom. The number of carbonyl (C=O) groups excluding carboxylic acids is 2. The molecule has 134 valence electrons. The molecule has 1 fully saturated rings. The SMILES string of the molecule is COC(=O)N1CCCN(C(=O)Cc2c(C)n(C)c3ccccc23)CC1. The minimum absolute atomic E-state index is 0.117. The Morgan fingerprint density at radius 3 is 2.52 bits per heavy atom. The van der Waals surface area contributed by atoms with Gasteiger partial charge < -0.3 is 19.1 Å². The van der Waals surface area contributed by atoms with Crippen molar-refractivity contribution >= 4 is 22.9 Å². The van der Waals surface area contributed by atoms with E-state index in [0.29, 0.717) is 32.6 Å². The van der Waals surface area contributed by atoms with Crippen molar-refractivity contribution in [2.24, 2.45) is 7.05 Å². The third-order valence-corrected chi connectivity index (χ3v) is 5.14. The zero-order valence-electron chi connectivity index (χ0n) is 15.1. The first-order chi connectivity index (χ1) is 12.0. The number of amides is 2. The van der Waals surface area contributed by atoms with Gasteiger partial charge in [-0.3, -0.25) is 4.79 Å². The lowest BCUT2D eigenvalue weighted by Crippen LogP contribution is -2.38. The molecule has 2 heterocycles. The number of rotatable bonds is 2. The van der Waals surface area contributed by atoms with E-state index in [1.807, 2.05) is 24.1 Å². The van der Waals surface area contributed by atoms with Crippen LogP contribution in [0.5, 0.6) is 0 Å². The van der Waals surface area contributed by atoms with Crippen molar-refractivity contribution in [1.29, 1.82) is 0 Å². The maximum atomic E-state index is 12.9. The van der Waals surface area contributed by atoms with Crippen molar-refractivity contribution in [3.05, 3.63) is 35.5 Å². The monoisotopic (exact) mass is 343 g/mol. The van der Waals surface area contributed by atoms with Crippen molar-refractivity contribution in [1.82, 2.24) is 14.4 Å². The number of fused-ring (bicyclic) bond motifs is 1. The van der Waals surface area contributed by atoms with Crippen LogP contribution in [0.15, 0.2) is 24.3 Å². The lowest BCUT2D eigenvalue weighted by atomic mass is 10.1. The van der Waals surface area contributed by atoms with Crippen molar-refractivity contribution in [2.75, 3.05) is 33.3 Å². The van der Waals surface area contributed by atoms with Crippen LogP contribution in [0, 0.1) is 6.92 Å². The highest BCUT2D eigenvalue weighted by Gasteiger charge is 2.24. The number of nitrogens with zero attached hydrogens (tertiary/aromatic N) is 3. The van der Waals surface area contributed by atoms with Gasteiger partial charge in [-0.15, -0.1) is 0 Å². The molecule has 2 aromatic rings. The van der Waals surface area contributed by atoms with E-state index in [1.165, 1.54) is 7.11 Å². The molecule has 0 saturated carbocycles. The van der Waals surface area contributed by atoms with Gasteiger partial charge in [-0.2, -0.15) is 0 Å². The zero-order valence-corrected chi connectivity index (χ0v) is 15.1. The lowest BCUT2D eigenvalue weighted by Gasteiger charge is -2.21. The molecule has 0 radical (unpaired) electrons. The largest absolute Gasteiger partial charge is 0.453 e. The van der Waals surface area contributed by atoms with Crippen molar-refractivity contribution < 1.29 is 14.3 Å². The average molecular weight is 343 g/mol. The summed E-state index contributed by atoms with van der Waals surface area (Å²) in [6.07, 6.45) is 0.847. The minimum Gasteiger partial charge on any atom is -0.453 e. The van der Waals surface area contributed by atoms with Crippen molar-refractivity contribution in [2.45, 2.75) is 19.8 Å². The fourth-order valence-electron chi connectivity index (χ4n) is 3.56. The number of carbonyl (C=O) groups is 2. The first-order valence-corrected chi connectivity index (χ1v) is 8.66. The van der Waals surface area contributed by atoms with E-state index in [4.69, 9.17) is 4.74 Å². The zero-order chi connectivity index (χ0) is 18.0. The molecule has 1 saturated heterocycles. The molecule has 0 spiro atoms. The van der Waals surface area contributed by atoms with Crippen LogP contribution < -0.4 is 0 Å². The summed E-state index contributed by atoms with van der Waals surface area (Å²) in [5, 5.41) is 1.14. The van der Waals surface area contributed by atoms with Crippen LogP contribution in [0.3, 0.4) is 0 Å². The number of ether oxygens (including phenoxy) is 1. The fourth-order valence-corrected chi connectivity index (χ4v) is 3.56. The Hall–Kier alpha value is -2.50. The molecule has 0 bridgehead atoms. The maximum absolute atomic E-state index is 12.9. The van der Waals surface area contributed by atoms with Gasteiger partial charge in [0.05, 0.1) is 13.5 Å². The Labute approximate surface area is 147 Å². The second-order valence-electron chi connectivity index (χ2n) is 6.51. The minimum atomic E-state index is -0.320. The molecule has 2 amide bonds. The van der Waals surface area contributed by atoms with Gasteiger partial charge in [0.25, 0.3) is 0 Å². The highest BCUT2D eigenvalue weighted by molar-refractivity contribution is 5.90. The number of hydrogen-bond donors (Lipinski definition) is 0. The van der Waals surface area contributed by atoms with Gasteiger partial charge in [0.15, 0.2) is 0 Å². The van der Waals surface area contributed by atoms with Crippen LogP contribution in [0.25, 0.3) is 10.9 Å². The van der Waals surface area contributed by atoms with Crippen LogP contribution >= 0.6 is 0 Å². The van der Waals surface area contributed by atoms with E-state index < -0.39 is 0 Å². The van der Waals surface area contributed by atoms with Crippen LogP contribution in [0.4, 0.5) is 4.79 Å². The second kappa shape index (κ2) is 7.17. The Bertz CT molecular complexity index is 797. The molecule has 0 atom stereocenters. The highest BCUT2D eigenvalue weighted by atomic mass is 16.5. The van der Waals surface area contributed by atoms with E-state index >= 15 is 0 Å². The fraction of sp³-hybridized carbons (Fsp3) is 0.474. The first kappa shape index (κ1) is 17.3. The molecule has 1 aliphatic rings. The van der Waals surface area contributed by atoms with E-state index in [1.54, 1.807) is 4.90 Å². The lowest BCUT2D eigenvalue weighted by molar-refractivity contribution is -0.130. The number of benzene rings is 1. The van der Waals surface area contributed by atoms with Gasteiger partial charge in [0, 0.05) is 49.8 Å². The van der Waals surface area contributed by atoms with Gasteiger partial charge in [-0.25, -0.2) is 4.79 Å². The van der Waals surface area contributed by atoms with Gasteiger partial charge in [-0.05, 0) is 25.0 Å². The Kier molecular flexibility index (Phi) is 4.97. The molecule has 0 N–H and O–H groups in total. The molecule has 1 aliphatic heterocycles. The number of methoxy groups -OCH3 is 1. The third kappa shape index (κ3) is 3.34.